The second kappa shape index (κ2) is 8.89. The number of nitrogens with one attached hydrogen (secondary N) is 1. The largest absolute Gasteiger partial charge is 0.496 e. The van der Waals surface area contributed by atoms with Crippen molar-refractivity contribution in [1.29, 1.82) is 0 Å². The summed E-state index contributed by atoms with van der Waals surface area (Å²) in [7, 11) is 3.05. The van der Waals surface area contributed by atoms with Crippen molar-refractivity contribution in [2.75, 3.05) is 14.2 Å². The molecular weight excluding hydrogens is 334 g/mol. The third-order valence-corrected chi connectivity index (χ3v) is 3.87. The van der Waals surface area contributed by atoms with E-state index in [4.69, 9.17) is 14.2 Å². The van der Waals surface area contributed by atoms with Gasteiger partial charge in [0, 0.05) is 12.1 Å². The zero-order valence-corrected chi connectivity index (χ0v) is 15.4. The van der Waals surface area contributed by atoms with Crippen molar-refractivity contribution in [2.24, 2.45) is 0 Å². The van der Waals surface area contributed by atoms with Crippen LogP contribution in [0, 0.1) is 6.92 Å². The summed E-state index contributed by atoms with van der Waals surface area (Å²) in [5.41, 5.74) is 2.02. The van der Waals surface area contributed by atoms with Gasteiger partial charge in [-0.15, -0.1) is 0 Å². The predicted octanol–water partition coefficient (Wildman–Crippen LogP) is 2.87. The molecule has 0 radical (unpaired) electrons. The third kappa shape index (κ3) is 4.75. The number of ether oxygens (including phenoxy) is 3. The normalized spacial score (nSPS) is 11.4. The van der Waals surface area contributed by atoms with Crippen molar-refractivity contribution in [3.05, 3.63) is 59.2 Å². The van der Waals surface area contributed by atoms with Crippen molar-refractivity contribution < 1.29 is 23.8 Å². The number of para-hydroxylation sites is 1. The summed E-state index contributed by atoms with van der Waals surface area (Å²) < 4.78 is 15.7. The summed E-state index contributed by atoms with van der Waals surface area (Å²) in [6.07, 6.45) is -0.942. The number of carbonyl (C=O) groups excluding carboxylic acids is 2. The van der Waals surface area contributed by atoms with Gasteiger partial charge in [-0.05, 0) is 32.0 Å². The minimum Gasteiger partial charge on any atom is -0.496 e. The number of esters is 1. The Morgan fingerprint density at radius 2 is 1.73 bits per heavy atom. The van der Waals surface area contributed by atoms with Crippen LogP contribution in [0.15, 0.2) is 42.5 Å². The quantitative estimate of drug-likeness (QED) is 0.772. The van der Waals surface area contributed by atoms with Crippen LogP contribution in [0.5, 0.6) is 11.5 Å². The molecule has 0 saturated carbocycles. The molecule has 138 valence electrons. The number of carbonyl (C=O) groups is 2. The van der Waals surface area contributed by atoms with Crippen LogP contribution >= 0.6 is 0 Å². The second-order valence-electron chi connectivity index (χ2n) is 5.78. The van der Waals surface area contributed by atoms with Crippen molar-refractivity contribution in [3.8, 4) is 11.5 Å². The molecule has 0 aromatic heterocycles. The molecule has 0 bridgehead atoms. The summed E-state index contributed by atoms with van der Waals surface area (Å²) in [6, 6.07) is 12.6. The lowest BCUT2D eigenvalue weighted by atomic mass is 10.1. The second-order valence-corrected chi connectivity index (χ2v) is 5.78. The highest BCUT2D eigenvalue weighted by molar-refractivity contribution is 5.94. The van der Waals surface area contributed by atoms with Gasteiger partial charge in [0.1, 0.15) is 17.1 Å². The van der Waals surface area contributed by atoms with Gasteiger partial charge >= 0.3 is 5.97 Å². The smallest absolute Gasteiger partial charge is 0.342 e. The highest BCUT2D eigenvalue weighted by Gasteiger charge is 2.21. The van der Waals surface area contributed by atoms with Gasteiger partial charge in [0.15, 0.2) is 6.10 Å². The number of hydrogen-bond acceptors (Lipinski definition) is 5. The zero-order chi connectivity index (χ0) is 19.1. The number of amides is 1. The molecule has 2 aromatic carbocycles. The first-order valence-electron chi connectivity index (χ1n) is 8.21. The van der Waals surface area contributed by atoms with Gasteiger partial charge in [-0.2, -0.15) is 0 Å². The molecule has 0 aliphatic carbocycles. The molecule has 0 spiro atoms. The van der Waals surface area contributed by atoms with Gasteiger partial charge in [0.25, 0.3) is 5.91 Å². The van der Waals surface area contributed by atoms with Gasteiger partial charge in [-0.25, -0.2) is 4.79 Å². The molecular formula is C20H23NO5. The Morgan fingerprint density at radius 1 is 1.04 bits per heavy atom. The molecule has 1 unspecified atom stereocenters. The molecule has 2 rings (SSSR count). The van der Waals surface area contributed by atoms with E-state index in [0.29, 0.717) is 11.5 Å². The number of hydrogen-bond donors (Lipinski definition) is 1. The molecule has 1 N–H and O–H groups in total. The Balaban J connectivity index is 1.98. The highest BCUT2D eigenvalue weighted by Crippen LogP contribution is 2.21. The topological polar surface area (TPSA) is 73.9 Å². The first kappa shape index (κ1) is 19.3. The van der Waals surface area contributed by atoms with E-state index in [1.165, 1.54) is 14.0 Å². The maximum atomic E-state index is 12.4. The maximum absolute atomic E-state index is 12.4. The molecule has 26 heavy (non-hydrogen) atoms. The van der Waals surface area contributed by atoms with E-state index in [1.807, 2.05) is 37.3 Å². The van der Waals surface area contributed by atoms with Gasteiger partial charge in [-0.1, -0.05) is 29.8 Å². The third-order valence-electron chi connectivity index (χ3n) is 3.87. The van der Waals surface area contributed by atoms with Crippen LogP contribution < -0.4 is 14.8 Å². The van der Waals surface area contributed by atoms with Gasteiger partial charge in [0.2, 0.25) is 0 Å². The summed E-state index contributed by atoms with van der Waals surface area (Å²) >= 11 is 0. The first-order valence-corrected chi connectivity index (χ1v) is 8.21. The van der Waals surface area contributed by atoms with Crippen LogP contribution in [0.1, 0.15) is 28.4 Å². The van der Waals surface area contributed by atoms with Crippen LogP contribution in [0.2, 0.25) is 0 Å². The van der Waals surface area contributed by atoms with Crippen molar-refractivity contribution in [3.63, 3.8) is 0 Å². The SMILES string of the molecule is COc1ccccc1CNC(=O)C(C)OC(=O)c1cc(C)ccc1OC. The van der Waals surface area contributed by atoms with E-state index in [1.54, 1.807) is 19.2 Å². The lowest BCUT2D eigenvalue weighted by Gasteiger charge is -2.16. The predicted molar refractivity (Wildman–Crippen MR) is 97.4 cm³/mol. The van der Waals surface area contributed by atoms with Gasteiger partial charge < -0.3 is 19.5 Å². The van der Waals surface area contributed by atoms with E-state index in [9.17, 15) is 9.59 Å². The average molecular weight is 357 g/mol. The molecule has 0 aliphatic heterocycles. The molecule has 0 saturated heterocycles. The lowest BCUT2D eigenvalue weighted by molar-refractivity contribution is -0.129. The fourth-order valence-corrected chi connectivity index (χ4v) is 2.43. The van der Waals surface area contributed by atoms with E-state index in [-0.39, 0.29) is 12.1 Å². The Hall–Kier alpha value is -3.02. The summed E-state index contributed by atoms with van der Waals surface area (Å²) in [5, 5.41) is 2.74. The van der Waals surface area contributed by atoms with Crippen molar-refractivity contribution >= 4 is 11.9 Å². The average Bonchev–Trinajstić information content (AvgIpc) is 2.66. The molecule has 6 nitrogen and oxygen atoms in total. The summed E-state index contributed by atoms with van der Waals surface area (Å²) in [5.74, 6) is 0.0885. The molecule has 1 amide bonds. The van der Waals surface area contributed by atoms with Crippen LogP contribution in [0.4, 0.5) is 0 Å². The van der Waals surface area contributed by atoms with E-state index in [0.717, 1.165) is 11.1 Å². The van der Waals surface area contributed by atoms with Crippen molar-refractivity contribution in [2.45, 2.75) is 26.5 Å². The Labute approximate surface area is 153 Å². The van der Waals surface area contributed by atoms with Crippen molar-refractivity contribution in [1.82, 2.24) is 5.32 Å². The fourth-order valence-electron chi connectivity index (χ4n) is 2.43. The van der Waals surface area contributed by atoms with E-state index in [2.05, 4.69) is 5.32 Å². The van der Waals surface area contributed by atoms with Crippen LogP contribution in [0.25, 0.3) is 0 Å². The van der Waals surface area contributed by atoms with Crippen LogP contribution in [-0.4, -0.2) is 32.2 Å². The zero-order valence-electron chi connectivity index (χ0n) is 15.4. The lowest BCUT2D eigenvalue weighted by Crippen LogP contribution is -2.35. The Kier molecular flexibility index (Phi) is 6.60. The van der Waals surface area contributed by atoms with Gasteiger partial charge in [0.05, 0.1) is 14.2 Å². The summed E-state index contributed by atoms with van der Waals surface area (Å²) in [4.78, 5) is 24.6. The maximum Gasteiger partial charge on any atom is 0.342 e. The Bertz CT molecular complexity index is 788. The number of methoxy groups -OCH3 is 2. The molecule has 1 atom stereocenters. The molecule has 0 fully saturated rings. The highest BCUT2D eigenvalue weighted by atomic mass is 16.5. The first-order chi connectivity index (χ1) is 12.5. The standard InChI is InChI=1S/C20H23NO5/c1-13-9-10-18(25-4)16(11-13)20(23)26-14(2)19(22)21-12-15-7-5-6-8-17(15)24-3/h5-11,14H,12H2,1-4H3,(H,21,22). The Morgan fingerprint density at radius 3 is 2.42 bits per heavy atom. The number of aryl methyl sites for hydroxylation is 1. The van der Waals surface area contributed by atoms with Gasteiger partial charge in [-0.3, -0.25) is 4.79 Å². The van der Waals surface area contributed by atoms with E-state index < -0.39 is 18.0 Å². The van der Waals surface area contributed by atoms with E-state index >= 15 is 0 Å². The monoisotopic (exact) mass is 357 g/mol. The van der Waals surface area contributed by atoms with Crippen LogP contribution in [-0.2, 0) is 16.1 Å². The molecule has 0 aliphatic rings. The van der Waals surface area contributed by atoms with Crippen LogP contribution in [0.3, 0.4) is 0 Å². The molecule has 2 aromatic rings. The minimum absolute atomic E-state index is 0.276. The number of benzene rings is 2. The molecule has 6 heteroatoms. The fraction of sp³-hybridized carbons (Fsp3) is 0.300. The minimum atomic E-state index is -0.942. The molecule has 0 heterocycles. The number of rotatable bonds is 7. The summed E-state index contributed by atoms with van der Waals surface area (Å²) in [6.45, 7) is 3.66.